The second-order valence-electron chi connectivity index (χ2n) is 7.41. The number of ether oxygens (including phenoxy) is 1. The maximum Gasteiger partial charge on any atom is 0.0801 e. The largest absolute Gasteiger partial charge is 0.372 e. The summed E-state index contributed by atoms with van der Waals surface area (Å²) in [5.41, 5.74) is 2.49. The summed E-state index contributed by atoms with van der Waals surface area (Å²) >= 11 is 6.22. The Labute approximate surface area is 133 Å². The lowest BCUT2D eigenvalue weighted by atomic mass is 10.0. The minimum absolute atomic E-state index is 0.0984. The molecule has 0 aromatic heterocycles. The van der Waals surface area contributed by atoms with Crippen molar-refractivity contribution in [2.24, 2.45) is 0 Å². The van der Waals surface area contributed by atoms with Gasteiger partial charge >= 0.3 is 0 Å². The van der Waals surface area contributed by atoms with Crippen LogP contribution in [0.2, 0.25) is 5.02 Å². The lowest BCUT2D eigenvalue weighted by Crippen LogP contribution is -2.48. The van der Waals surface area contributed by atoms with E-state index in [1.165, 1.54) is 11.3 Å². The van der Waals surface area contributed by atoms with E-state index in [-0.39, 0.29) is 11.1 Å². The van der Waals surface area contributed by atoms with Crippen molar-refractivity contribution in [1.82, 2.24) is 5.32 Å². The van der Waals surface area contributed by atoms with Gasteiger partial charge < -0.3 is 15.0 Å². The predicted molar refractivity (Wildman–Crippen MR) is 90.3 cm³/mol. The standard InChI is InChI=1S/C17H27ClN2O/c1-16(2,3)19-11-13-6-7-14(18)10-15(13)20-8-9-21-17(4,5)12-20/h6-7,10,19H,8-9,11-12H2,1-5H3. The number of hydrogen-bond donors (Lipinski definition) is 1. The number of nitrogens with one attached hydrogen (secondary N) is 1. The van der Waals surface area contributed by atoms with Crippen LogP contribution in [0.25, 0.3) is 0 Å². The molecule has 1 aromatic rings. The minimum atomic E-state index is -0.116. The van der Waals surface area contributed by atoms with Crippen LogP contribution in [0, 0.1) is 0 Å². The summed E-state index contributed by atoms with van der Waals surface area (Å²) in [6.45, 7) is 14.2. The molecule has 0 amide bonds. The van der Waals surface area contributed by atoms with Gasteiger partial charge in [0.2, 0.25) is 0 Å². The minimum Gasteiger partial charge on any atom is -0.372 e. The van der Waals surface area contributed by atoms with Crippen molar-refractivity contribution in [3.05, 3.63) is 28.8 Å². The third-order valence-electron chi connectivity index (χ3n) is 3.62. The van der Waals surface area contributed by atoms with E-state index in [4.69, 9.17) is 16.3 Å². The van der Waals surface area contributed by atoms with E-state index in [1.54, 1.807) is 0 Å². The number of morpholine rings is 1. The molecule has 0 aliphatic carbocycles. The Morgan fingerprint density at radius 1 is 1.33 bits per heavy atom. The van der Waals surface area contributed by atoms with Crippen LogP contribution >= 0.6 is 11.6 Å². The normalized spacial score (nSPS) is 18.9. The molecule has 0 atom stereocenters. The second-order valence-corrected chi connectivity index (χ2v) is 7.84. The van der Waals surface area contributed by atoms with Crippen LogP contribution in [0.5, 0.6) is 0 Å². The molecule has 4 heteroatoms. The fraction of sp³-hybridized carbons (Fsp3) is 0.647. The van der Waals surface area contributed by atoms with Gasteiger partial charge in [0.05, 0.1) is 12.2 Å². The maximum absolute atomic E-state index is 6.22. The second kappa shape index (κ2) is 6.15. The Morgan fingerprint density at radius 2 is 2.05 bits per heavy atom. The van der Waals surface area contributed by atoms with Gasteiger partial charge in [0, 0.05) is 35.9 Å². The summed E-state index contributed by atoms with van der Waals surface area (Å²) in [5.74, 6) is 0. The average Bonchev–Trinajstić information content (AvgIpc) is 2.35. The first-order valence-corrected chi connectivity index (χ1v) is 7.96. The highest BCUT2D eigenvalue weighted by Crippen LogP contribution is 2.29. The Hall–Kier alpha value is -0.770. The van der Waals surface area contributed by atoms with Crippen molar-refractivity contribution < 1.29 is 4.74 Å². The predicted octanol–water partition coefficient (Wildman–Crippen LogP) is 3.84. The molecule has 1 aliphatic heterocycles. The molecule has 0 unspecified atom stereocenters. The monoisotopic (exact) mass is 310 g/mol. The van der Waals surface area contributed by atoms with Gasteiger partial charge in [-0.05, 0) is 52.3 Å². The molecule has 1 aromatic carbocycles. The van der Waals surface area contributed by atoms with Crippen LogP contribution < -0.4 is 10.2 Å². The first kappa shape index (κ1) is 16.6. The lowest BCUT2D eigenvalue weighted by molar-refractivity contribution is -0.0277. The molecule has 1 fully saturated rings. The summed E-state index contributed by atoms with van der Waals surface area (Å²) in [6, 6.07) is 6.16. The lowest BCUT2D eigenvalue weighted by Gasteiger charge is -2.40. The van der Waals surface area contributed by atoms with Gasteiger partial charge in [-0.15, -0.1) is 0 Å². The van der Waals surface area contributed by atoms with Crippen LogP contribution in [0.15, 0.2) is 18.2 Å². The molecule has 21 heavy (non-hydrogen) atoms. The van der Waals surface area contributed by atoms with Gasteiger partial charge in [0.1, 0.15) is 0 Å². The highest BCUT2D eigenvalue weighted by atomic mass is 35.5. The first-order valence-electron chi connectivity index (χ1n) is 7.59. The molecular formula is C17H27ClN2O. The van der Waals surface area contributed by atoms with E-state index < -0.39 is 0 Å². The molecule has 3 nitrogen and oxygen atoms in total. The van der Waals surface area contributed by atoms with Gasteiger partial charge in [-0.2, -0.15) is 0 Å². The van der Waals surface area contributed by atoms with E-state index in [2.05, 4.69) is 57.0 Å². The van der Waals surface area contributed by atoms with E-state index >= 15 is 0 Å². The topological polar surface area (TPSA) is 24.5 Å². The van der Waals surface area contributed by atoms with Crippen molar-refractivity contribution in [1.29, 1.82) is 0 Å². The summed E-state index contributed by atoms with van der Waals surface area (Å²) in [7, 11) is 0. The van der Waals surface area contributed by atoms with E-state index in [0.717, 1.165) is 31.3 Å². The Morgan fingerprint density at radius 3 is 2.67 bits per heavy atom. The smallest absolute Gasteiger partial charge is 0.0801 e. The molecule has 1 aliphatic rings. The Balaban J connectivity index is 2.22. The first-order chi connectivity index (χ1) is 9.66. The molecule has 1 saturated heterocycles. The Kier molecular flexibility index (Phi) is 4.86. The molecule has 1 N–H and O–H groups in total. The van der Waals surface area contributed by atoms with Crippen molar-refractivity contribution in [3.8, 4) is 0 Å². The molecule has 0 saturated carbocycles. The highest BCUT2D eigenvalue weighted by Gasteiger charge is 2.28. The van der Waals surface area contributed by atoms with Crippen molar-refractivity contribution >= 4 is 17.3 Å². The van der Waals surface area contributed by atoms with E-state index in [1.807, 2.05) is 6.07 Å². The van der Waals surface area contributed by atoms with Crippen LogP contribution in [-0.2, 0) is 11.3 Å². The summed E-state index contributed by atoms with van der Waals surface area (Å²) in [4.78, 5) is 2.38. The summed E-state index contributed by atoms with van der Waals surface area (Å²) < 4.78 is 5.81. The highest BCUT2D eigenvalue weighted by molar-refractivity contribution is 6.30. The number of hydrogen-bond acceptors (Lipinski definition) is 3. The zero-order chi connectivity index (χ0) is 15.7. The van der Waals surface area contributed by atoms with Crippen molar-refractivity contribution in [2.75, 3.05) is 24.6 Å². The van der Waals surface area contributed by atoms with Gasteiger partial charge in [-0.3, -0.25) is 0 Å². The SMILES string of the molecule is CC(C)(C)NCc1ccc(Cl)cc1N1CCOC(C)(C)C1. The zero-order valence-corrected chi connectivity index (χ0v) is 14.5. The molecular weight excluding hydrogens is 284 g/mol. The fourth-order valence-corrected chi connectivity index (χ4v) is 2.73. The Bertz CT molecular complexity index is 494. The van der Waals surface area contributed by atoms with Gasteiger partial charge in [0.15, 0.2) is 0 Å². The zero-order valence-electron chi connectivity index (χ0n) is 13.8. The number of benzene rings is 1. The molecule has 2 rings (SSSR count). The quantitative estimate of drug-likeness (QED) is 0.918. The van der Waals surface area contributed by atoms with Gasteiger partial charge in [0.25, 0.3) is 0 Å². The molecule has 0 spiro atoms. The van der Waals surface area contributed by atoms with Crippen LogP contribution in [0.3, 0.4) is 0 Å². The van der Waals surface area contributed by atoms with Crippen molar-refractivity contribution in [2.45, 2.75) is 52.3 Å². The number of halogens is 1. The summed E-state index contributed by atoms with van der Waals surface area (Å²) in [6.07, 6.45) is 0. The van der Waals surface area contributed by atoms with Crippen LogP contribution in [0.1, 0.15) is 40.2 Å². The maximum atomic E-state index is 6.22. The van der Waals surface area contributed by atoms with Crippen LogP contribution in [0.4, 0.5) is 5.69 Å². The number of anilines is 1. The van der Waals surface area contributed by atoms with Crippen LogP contribution in [-0.4, -0.2) is 30.8 Å². The number of nitrogens with zero attached hydrogens (tertiary/aromatic N) is 1. The van der Waals surface area contributed by atoms with E-state index in [9.17, 15) is 0 Å². The van der Waals surface area contributed by atoms with Gasteiger partial charge in [-0.1, -0.05) is 17.7 Å². The molecule has 0 radical (unpaired) electrons. The molecule has 1 heterocycles. The number of rotatable bonds is 3. The third-order valence-corrected chi connectivity index (χ3v) is 3.86. The average molecular weight is 311 g/mol. The molecule has 0 bridgehead atoms. The fourth-order valence-electron chi connectivity index (χ4n) is 2.56. The molecule has 118 valence electrons. The third kappa shape index (κ3) is 4.87. The van der Waals surface area contributed by atoms with Gasteiger partial charge in [-0.25, -0.2) is 0 Å². The summed E-state index contributed by atoms with van der Waals surface area (Å²) in [5, 5.41) is 4.34. The van der Waals surface area contributed by atoms with E-state index in [0.29, 0.717) is 0 Å². The van der Waals surface area contributed by atoms with Crippen molar-refractivity contribution in [3.63, 3.8) is 0 Å².